The van der Waals surface area contributed by atoms with Crippen LogP contribution in [0.2, 0.25) is 5.02 Å². The topological polar surface area (TPSA) is 46.1 Å². The van der Waals surface area contributed by atoms with Crippen molar-refractivity contribution in [1.29, 1.82) is 0 Å². The fourth-order valence-corrected chi connectivity index (χ4v) is 4.39. The predicted octanol–water partition coefficient (Wildman–Crippen LogP) is 3.45. The van der Waals surface area contributed by atoms with E-state index in [4.69, 9.17) is 21.1 Å². The van der Waals surface area contributed by atoms with E-state index < -0.39 is 0 Å². The number of guanidine groups is 1. The molecular formula is C19H26ClN3O2. The number of fused-ring (bicyclic) bond motifs is 1. The first-order valence-electron chi connectivity index (χ1n) is 9.23. The van der Waals surface area contributed by atoms with E-state index in [0.29, 0.717) is 35.9 Å². The quantitative estimate of drug-likeness (QED) is 0.645. The van der Waals surface area contributed by atoms with Crippen molar-refractivity contribution in [3.8, 4) is 11.5 Å². The van der Waals surface area contributed by atoms with E-state index in [1.54, 1.807) is 0 Å². The van der Waals surface area contributed by atoms with Gasteiger partial charge in [-0.1, -0.05) is 18.0 Å². The highest BCUT2D eigenvalue weighted by atomic mass is 35.5. The van der Waals surface area contributed by atoms with Crippen molar-refractivity contribution in [2.45, 2.75) is 38.6 Å². The fourth-order valence-electron chi connectivity index (χ4n) is 4.10. The normalized spacial score (nSPS) is 21.8. The maximum atomic E-state index is 6.39. The smallest absolute Gasteiger partial charge is 0.193 e. The van der Waals surface area contributed by atoms with Crippen molar-refractivity contribution in [1.82, 2.24) is 10.2 Å². The number of rotatable bonds is 2. The van der Waals surface area contributed by atoms with E-state index in [1.165, 1.54) is 25.7 Å². The molecular weight excluding hydrogens is 338 g/mol. The summed E-state index contributed by atoms with van der Waals surface area (Å²) in [6.45, 7) is 4.22. The molecule has 0 radical (unpaired) electrons. The van der Waals surface area contributed by atoms with Gasteiger partial charge in [-0.15, -0.1) is 0 Å². The average Bonchev–Trinajstić information content (AvgIpc) is 2.89. The zero-order valence-corrected chi connectivity index (χ0v) is 15.6. The van der Waals surface area contributed by atoms with Crippen molar-refractivity contribution in [2.75, 3.05) is 33.4 Å². The van der Waals surface area contributed by atoms with Crippen LogP contribution in [-0.2, 0) is 6.54 Å². The summed E-state index contributed by atoms with van der Waals surface area (Å²) in [5, 5.41) is 4.10. The van der Waals surface area contributed by atoms with Crippen LogP contribution in [0.5, 0.6) is 11.5 Å². The minimum atomic E-state index is 0.566. The molecule has 1 aromatic rings. The molecule has 0 amide bonds. The van der Waals surface area contributed by atoms with Crippen LogP contribution in [0.1, 0.15) is 37.7 Å². The van der Waals surface area contributed by atoms with Gasteiger partial charge in [-0.2, -0.15) is 0 Å². The fraction of sp³-hybridized carbons (Fsp3) is 0.632. The standard InChI is InChI=1S/C19H26ClN3O2/c1-21-18(23-7-6-19(13-23)4-2-5-19)22-12-14-10-15(20)17-16(11-14)24-8-3-9-25-17/h10-11H,2-9,12-13H2,1H3,(H,21,22). The Kier molecular flexibility index (Phi) is 4.67. The lowest BCUT2D eigenvalue weighted by Gasteiger charge is -2.38. The Morgan fingerprint density at radius 2 is 2.08 bits per heavy atom. The molecule has 1 saturated heterocycles. The van der Waals surface area contributed by atoms with Gasteiger partial charge in [0.25, 0.3) is 0 Å². The predicted molar refractivity (Wildman–Crippen MR) is 99.7 cm³/mol. The van der Waals surface area contributed by atoms with Gasteiger partial charge in [0, 0.05) is 33.1 Å². The first-order chi connectivity index (χ1) is 12.2. The molecule has 0 bridgehead atoms. The lowest BCUT2D eigenvalue weighted by atomic mass is 9.68. The Labute approximate surface area is 154 Å². The summed E-state index contributed by atoms with van der Waals surface area (Å²) in [4.78, 5) is 6.87. The van der Waals surface area contributed by atoms with Crippen molar-refractivity contribution in [2.24, 2.45) is 10.4 Å². The van der Waals surface area contributed by atoms with Crippen LogP contribution in [0.15, 0.2) is 17.1 Å². The van der Waals surface area contributed by atoms with Crippen LogP contribution < -0.4 is 14.8 Å². The number of aliphatic imine (C=N–C) groups is 1. The first kappa shape index (κ1) is 16.8. The van der Waals surface area contributed by atoms with Gasteiger partial charge in [0.15, 0.2) is 17.5 Å². The minimum absolute atomic E-state index is 0.566. The summed E-state index contributed by atoms with van der Waals surface area (Å²) in [5.41, 5.74) is 1.64. The molecule has 2 fully saturated rings. The summed E-state index contributed by atoms with van der Waals surface area (Å²) in [6.07, 6.45) is 6.30. The molecule has 0 aromatic heterocycles. The summed E-state index contributed by atoms with van der Waals surface area (Å²) in [6, 6.07) is 3.97. The Morgan fingerprint density at radius 3 is 2.80 bits per heavy atom. The van der Waals surface area contributed by atoms with Gasteiger partial charge in [0.05, 0.1) is 18.2 Å². The van der Waals surface area contributed by atoms with Crippen molar-refractivity contribution >= 4 is 17.6 Å². The molecule has 2 aliphatic heterocycles. The highest BCUT2D eigenvalue weighted by molar-refractivity contribution is 6.32. The largest absolute Gasteiger partial charge is 0.489 e. The highest BCUT2D eigenvalue weighted by Crippen LogP contribution is 2.47. The number of nitrogens with one attached hydrogen (secondary N) is 1. The molecule has 5 nitrogen and oxygen atoms in total. The number of hydrogen-bond acceptors (Lipinski definition) is 3. The number of hydrogen-bond donors (Lipinski definition) is 1. The van der Waals surface area contributed by atoms with Crippen LogP contribution in [-0.4, -0.2) is 44.2 Å². The zero-order valence-electron chi connectivity index (χ0n) is 14.8. The van der Waals surface area contributed by atoms with Crippen LogP contribution in [0, 0.1) is 5.41 Å². The Hall–Kier alpha value is -1.62. The third-order valence-electron chi connectivity index (χ3n) is 5.68. The average molecular weight is 364 g/mol. The molecule has 1 aromatic carbocycles. The third kappa shape index (κ3) is 3.39. The van der Waals surface area contributed by atoms with E-state index in [1.807, 2.05) is 19.2 Å². The van der Waals surface area contributed by atoms with Crippen molar-refractivity contribution in [3.63, 3.8) is 0 Å². The Bertz CT molecular complexity index is 673. The second kappa shape index (κ2) is 6.94. The van der Waals surface area contributed by atoms with Gasteiger partial charge >= 0.3 is 0 Å². The van der Waals surface area contributed by atoms with E-state index in [0.717, 1.165) is 36.8 Å². The molecule has 1 aliphatic carbocycles. The van der Waals surface area contributed by atoms with Crippen molar-refractivity contribution < 1.29 is 9.47 Å². The van der Waals surface area contributed by atoms with Gasteiger partial charge in [0.1, 0.15) is 0 Å². The van der Waals surface area contributed by atoms with E-state index in [9.17, 15) is 0 Å². The van der Waals surface area contributed by atoms with Crippen LogP contribution in [0.25, 0.3) is 0 Å². The molecule has 2 heterocycles. The van der Waals surface area contributed by atoms with Gasteiger partial charge < -0.3 is 19.7 Å². The minimum Gasteiger partial charge on any atom is -0.489 e. The molecule has 4 rings (SSSR count). The Morgan fingerprint density at radius 1 is 1.24 bits per heavy atom. The molecule has 136 valence electrons. The zero-order chi connectivity index (χ0) is 17.3. The molecule has 6 heteroatoms. The van der Waals surface area contributed by atoms with E-state index in [2.05, 4.69) is 15.2 Å². The molecule has 1 spiro atoms. The lowest BCUT2D eigenvalue weighted by molar-refractivity contribution is 0.151. The van der Waals surface area contributed by atoms with Crippen LogP contribution in [0.3, 0.4) is 0 Å². The molecule has 1 N–H and O–H groups in total. The number of halogens is 1. The first-order valence-corrected chi connectivity index (χ1v) is 9.61. The summed E-state index contributed by atoms with van der Waals surface area (Å²) in [7, 11) is 1.86. The SMILES string of the molecule is CN=C(NCc1cc(Cl)c2c(c1)OCCCO2)N1CCC2(CCC2)C1. The molecule has 1 saturated carbocycles. The maximum Gasteiger partial charge on any atom is 0.193 e. The second-order valence-corrected chi connectivity index (χ2v) is 7.79. The molecule has 0 unspecified atom stereocenters. The van der Waals surface area contributed by atoms with Gasteiger partial charge in [-0.3, -0.25) is 4.99 Å². The van der Waals surface area contributed by atoms with Gasteiger partial charge in [-0.05, 0) is 42.4 Å². The summed E-state index contributed by atoms with van der Waals surface area (Å²) < 4.78 is 11.5. The number of nitrogens with zero attached hydrogens (tertiary/aromatic N) is 2. The molecule has 0 atom stereocenters. The lowest BCUT2D eigenvalue weighted by Crippen LogP contribution is -2.42. The van der Waals surface area contributed by atoms with Crippen molar-refractivity contribution in [3.05, 3.63) is 22.7 Å². The summed E-state index contributed by atoms with van der Waals surface area (Å²) >= 11 is 6.39. The number of benzene rings is 1. The number of ether oxygens (including phenoxy) is 2. The second-order valence-electron chi connectivity index (χ2n) is 7.38. The van der Waals surface area contributed by atoms with Gasteiger partial charge in [-0.25, -0.2) is 0 Å². The molecule has 25 heavy (non-hydrogen) atoms. The maximum absolute atomic E-state index is 6.39. The molecule has 3 aliphatic rings. The van der Waals surface area contributed by atoms with Gasteiger partial charge in [0.2, 0.25) is 0 Å². The monoisotopic (exact) mass is 363 g/mol. The van der Waals surface area contributed by atoms with E-state index in [-0.39, 0.29) is 0 Å². The highest BCUT2D eigenvalue weighted by Gasteiger charge is 2.43. The van der Waals surface area contributed by atoms with E-state index >= 15 is 0 Å². The summed E-state index contributed by atoms with van der Waals surface area (Å²) in [5.74, 6) is 2.39. The number of likely N-dealkylation sites (tertiary alicyclic amines) is 1. The Balaban J connectivity index is 1.42. The van der Waals surface area contributed by atoms with Crippen LogP contribution in [0.4, 0.5) is 0 Å². The van der Waals surface area contributed by atoms with Crippen LogP contribution >= 0.6 is 11.6 Å². The third-order valence-corrected chi connectivity index (χ3v) is 5.96.